The molecule has 1 aromatic heterocycles. The molecule has 0 aliphatic heterocycles. The van der Waals surface area contributed by atoms with Crippen LogP contribution in [0.1, 0.15) is 47.6 Å². The normalized spacial score (nSPS) is 12.4. The molecular weight excluding hydrogens is 419 g/mol. The van der Waals surface area contributed by atoms with Gasteiger partial charge in [0.15, 0.2) is 5.69 Å². The molecule has 0 radical (unpaired) electrons. The van der Waals surface area contributed by atoms with Crippen LogP contribution in [0.2, 0.25) is 0 Å². The number of aryl methyl sites for hydroxylation is 1. The van der Waals surface area contributed by atoms with Gasteiger partial charge in [-0.25, -0.2) is 4.68 Å². The highest BCUT2D eigenvalue weighted by molar-refractivity contribution is 5.92. The second kappa shape index (κ2) is 9.38. The zero-order chi connectivity index (χ0) is 23.5. The molecular formula is C24H24F3N3O2. The van der Waals surface area contributed by atoms with E-state index in [1.807, 2.05) is 44.2 Å². The molecule has 0 aliphatic carbocycles. The van der Waals surface area contributed by atoms with Crippen molar-refractivity contribution in [2.24, 2.45) is 0 Å². The molecule has 0 saturated heterocycles. The fraction of sp³-hybridized carbons (Fsp3) is 0.292. The fourth-order valence-corrected chi connectivity index (χ4v) is 3.34. The highest BCUT2D eigenvalue weighted by Crippen LogP contribution is 2.30. The first-order chi connectivity index (χ1) is 15.1. The number of nitrogens with zero attached hydrogens (tertiary/aromatic N) is 3. The summed E-state index contributed by atoms with van der Waals surface area (Å²) < 4.78 is 40.7. The molecule has 0 aliphatic rings. The number of carbonyl (C=O) groups excluding carboxylic acids is 1. The van der Waals surface area contributed by atoms with Gasteiger partial charge in [-0.2, -0.15) is 18.3 Å². The van der Waals surface area contributed by atoms with Crippen LogP contribution in [0.5, 0.6) is 0 Å². The van der Waals surface area contributed by atoms with Gasteiger partial charge in [-0.05, 0) is 44.0 Å². The summed E-state index contributed by atoms with van der Waals surface area (Å²) in [7, 11) is 0. The van der Waals surface area contributed by atoms with Gasteiger partial charge in [0.1, 0.15) is 0 Å². The van der Waals surface area contributed by atoms with Crippen LogP contribution in [0.15, 0.2) is 65.5 Å². The van der Waals surface area contributed by atoms with E-state index in [0.29, 0.717) is 12.1 Å². The molecule has 5 nitrogen and oxygen atoms in total. The summed E-state index contributed by atoms with van der Waals surface area (Å²) in [6.07, 6.45) is -3.86. The number of hydrogen-bond acceptors (Lipinski definition) is 3. The lowest BCUT2D eigenvalue weighted by Gasteiger charge is -2.28. The highest BCUT2D eigenvalue weighted by Gasteiger charge is 2.31. The molecule has 2 aromatic carbocycles. The minimum Gasteiger partial charge on any atom is -0.330 e. The molecule has 3 rings (SSSR count). The van der Waals surface area contributed by atoms with Crippen LogP contribution in [-0.4, -0.2) is 26.6 Å². The van der Waals surface area contributed by atoms with Crippen molar-refractivity contribution in [3.63, 3.8) is 0 Å². The van der Waals surface area contributed by atoms with E-state index in [0.717, 1.165) is 17.7 Å². The van der Waals surface area contributed by atoms with Crippen molar-refractivity contribution in [3.05, 3.63) is 93.4 Å². The molecule has 0 spiro atoms. The Morgan fingerprint density at radius 3 is 2.41 bits per heavy atom. The molecule has 8 heteroatoms. The van der Waals surface area contributed by atoms with Crippen molar-refractivity contribution >= 4 is 5.91 Å². The maximum Gasteiger partial charge on any atom is 0.416 e. The van der Waals surface area contributed by atoms with Gasteiger partial charge >= 0.3 is 6.18 Å². The van der Waals surface area contributed by atoms with Crippen molar-refractivity contribution in [2.45, 2.75) is 46.0 Å². The Bertz CT molecular complexity index is 1160. The Balaban J connectivity index is 2.05. The highest BCUT2D eigenvalue weighted by atomic mass is 19.4. The van der Waals surface area contributed by atoms with E-state index in [1.165, 1.54) is 22.9 Å². The largest absolute Gasteiger partial charge is 0.416 e. The summed E-state index contributed by atoms with van der Waals surface area (Å²) in [5, 5.41) is 4.19. The molecule has 1 amide bonds. The van der Waals surface area contributed by atoms with Crippen LogP contribution in [0.25, 0.3) is 5.69 Å². The minimum atomic E-state index is -4.52. The summed E-state index contributed by atoms with van der Waals surface area (Å²) in [4.78, 5) is 27.6. The Hall–Kier alpha value is -3.42. The predicted molar refractivity (Wildman–Crippen MR) is 116 cm³/mol. The Labute approximate surface area is 184 Å². The number of halogens is 3. The third-order valence-electron chi connectivity index (χ3n) is 5.31. The molecule has 0 bridgehead atoms. The van der Waals surface area contributed by atoms with E-state index in [1.54, 1.807) is 11.8 Å². The van der Waals surface area contributed by atoms with Crippen molar-refractivity contribution in [1.82, 2.24) is 14.7 Å². The summed E-state index contributed by atoms with van der Waals surface area (Å²) in [6, 6.07) is 15.0. The van der Waals surface area contributed by atoms with Gasteiger partial charge in [-0.15, -0.1) is 0 Å². The van der Waals surface area contributed by atoms with Crippen LogP contribution in [0.4, 0.5) is 13.2 Å². The van der Waals surface area contributed by atoms with Crippen molar-refractivity contribution in [3.8, 4) is 5.69 Å². The maximum absolute atomic E-state index is 13.4. The molecule has 0 saturated carbocycles. The lowest BCUT2D eigenvalue weighted by atomic mass is 10.1. The predicted octanol–water partition coefficient (Wildman–Crippen LogP) is 5.00. The first-order valence-electron chi connectivity index (χ1n) is 10.2. The van der Waals surface area contributed by atoms with Gasteiger partial charge < -0.3 is 4.90 Å². The number of alkyl halides is 3. The zero-order valence-electron chi connectivity index (χ0n) is 18.1. The molecule has 3 aromatic rings. The van der Waals surface area contributed by atoms with Crippen LogP contribution in [0, 0.1) is 6.92 Å². The van der Waals surface area contributed by atoms with Gasteiger partial charge in [0.25, 0.3) is 5.91 Å². The van der Waals surface area contributed by atoms with Gasteiger partial charge in [0, 0.05) is 24.3 Å². The standard InChI is InChI=1S/C24H24F3N3O2/c1-4-16(2)29(15-18-9-6-5-7-10-18)23(32)22-21(31)13-17(3)30(28-22)20-12-8-11-19(14-20)24(25,26)27/h5-14,16H,4,15H2,1-3H3. The van der Waals surface area contributed by atoms with Gasteiger partial charge in [-0.3, -0.25) is 9.59 Å². The van der Waals surface area contributed by atoms with E-state index >= 15 is 0 Å². The monoisotopic (exact) mass is 443 g/mol. The molecule has 1 heterocycles. The zero-order valence-corrected chi connectivity index (χ0v) is 18.1. The number of rotatable bonds is 6. The van der Waals surface area contributed by atoms with Crippen LogP contribution in [0.3, 0.4) is 0 Å². The average molecular weight is 443 g/mol. The first-order valence-corrected chi connectivity index (χ1v) is 10.2. The van der Waals surface area contributed by atoms with Crippen molar-refractivity contribution in [2.75, 3.05) is 0 Å². The second-order valence-corrected chi connectivity index (χ2v) is 7.63. The van der Waals surface area contributed by atoms with E-state index in [-0.39, 0.29) is 24.0 Å². The third kappa shape index (κ3) is 5.07. The van der Waals surface area contributed by atoms with Crippen molar-refractivity contribution < 1.29 is 18.0 Å². The summed E-state index contributed by atoms with van der Waals surface area (Å²) >= 11 is 0. The molecule has 32 heavy (non-hydrogen) atoms. The summed E-state index contributed by atoms with van der Waals surface area (Å²) in [5.74, 6) is -0.561. The lowest BCUT2D eigenvalue weighted by Crippen LogP contribution is -2.41. The lowest BCUT2D eigenvalue weighted by molar-refractivity contribution is -0.137. The van der Waals surface area contributed by atoms with Gasteiger partial charge in [0.05, 0.1) is 11.3 Å². The van der Waals surface area contributed by atoms with E-state index in [2.05, 4.69) is 5.10 Å². The fourth-order valence-electron chi connectivity index (χ4n) is 3.34. The minimum absolute atomic E-state index is 0.115. The van der Waals surface area contributed by atoms with Crippen LogP contribution >= 0.6 is 0 Å². The van der Waals surface area contributed by atoms with Crippen LogP contribution in [-0.2, 0) is 12.7 Å². The van der Waals surface area contributed by atoms with Gasteiger partial charge in [-0.1, -0.05) is 43.3 Å². The SMILES string of the molecule is CCC(C)N(Cc1ccccc1)C(=O)c1nn(-c2cccc(C(F)(F)F)c2)c(C)cc1=O. The second-order valence-electron chi connectivity index (χ2n) is 7.63. The quantitative estimate of drug-likeness (QED) is 0.539. The number of benzene rings is 2. The molecule has 1 unspecified atom stereocenters. The number of hydrogen-bond donors (Lipinski definition) is 0. The third-order valence-corrected chi connectivity index (χ3v) is 5.31. The van der Waals surface area contributed by atoms with E-state index in [4.69, 9.17) is 0 Å². The van der Waals surface area contributed by atoms with Crippen molar-refractivity contribution in [1.29, 1.82) is 0 Å². The number of aromatic nitrogens is 2. The molecule has 168 valence electrons. The maximum atomic E-state index is 13.4. The molecule has 0 fully saturated rings. The average Bonchev–Trinajstić information content (AvgIpc) is 2.77. The smallest absolute Gasteiger partial charge is 0.330 e. The number of carbonyl (C=O) groups is 1. The molecule has 1 atom stereocenters. The summed E-state index contributed by atoms with van der Waals surface area (Å²) in [6.45, 7) is 5.65. The number of amides is 1. The Morgan fingerprint density at radius 1 is 1.09 bits per heavy atom. The van der Waals surface area contributed by atoms with E-state index in [9.17, 15) is 22.8 Å². The first kappa shape index (κ1) is 23.2. The van der Waals surface area contributed by atoms with Gasteiger partial charge in [0.2, 0.25) is 5.43 Å². The topological polar surface area (TPSA) is 55.2 Å². The Morgan fingerprint density at radius 2 is 1.78 bits per heavy atom. The molecule has 0 N–H and O–H groups in total. The summed E-state index contributed by atoms with van der Waals surface area (Å²) in [5.41, 5.74) is -0.408. The Kier molecular flexibility index (Phi) is 6.81. The van der Waals surface area contributed by atoms with E-state index < -0.39 is 23.1 Å². The van der Waals surface area contributed by atoms with Crippen LogP contribution < -0.4 is 5.43 Å².